The molecular weight excluding hydrogens is 394 g/mol. The molecule has 0 aliphatic carbocycles. The predicted molar refractivity (Wildman–Crippen MR) is 123 cm³/mol. The van der Waals surface area contributed by atoms with Gasteiger partial charge in [-0.3, -0.25) is 0 Å². The molecule has 168 valence electrons. The van der Waals surface area contributed by atoms with Gasteiger partial charge in [-0.2, -0.15) is 0 Å². The van der Waals surface area contributed by atoms with Gasteiger partial charge in [0.2, 0.25) is 0 Å². The van der Waals surface area contributed by atoms with E-state index < -0.39 is 0 Å². The van der Waals surface area contributed by atoms with Gasteiger partial charge in [0.1, 0.15) is 44.2 Å². The van der Waals surface area contributed by atoms with Crippen LogP contribution in [0.5, 0.6) is 17.2 Å². The van der Waals surface area contributed by atoms with E-state index in [9.17, 15) is 0 Å². The number of aryl methyl sites for hydroxylation is 2. The molecule has 0 bridgehead atoms. The third kappa shape index (κ3) is 8.72. The van der Waals surface area contributed by atoms with Crippen LogP contribution < -0.4 is 14.2 Å². The van der Waals surface area contributed by atoms with E-state index in [2.05, 4.69) is 5.16 Å². The SMILES string of the molecule is C/C=C/COc1cc(C)c(OCCOCc2ccc(OCC(C)=NOC)cc2)c(C)c1. The summed E-state index contributed by atoms with van der Waals surface area (Å²) in [5, 5.41) is 3.82. The van der Waals surface area contributed by atoms with Crippen molar-refractivity contribution < 1.29 is 23.8 Å². The second-order valence-electron chi connectivity index (χ2n) is 7.11. The minimum atomic E-state index is 0.392. The Morgan fingerprint density at radius 3 is 2.29 bits per heavy atom. The van der Waals surface area contributed by atoms with Crippen LogP contribution >= 0.6 is 0 Å². The summed E-state index contributed by atoms with van der Waals surface area (Å²) in [6.45, 7) is 10.3. The zero-order valence-electron chi connectivity index (χ0n) is 19.1. The molecule has 31 heavy (non-hydrogen) atoms. The molecule has 6 nitrogen and oxygen atoms in total. The molecule has 0 saturated carbocycles. The van der Waals surface area contributed by atoms with Crippen molar-refractivity contribution in [2.75, 3.05) is 33.5 Å². The van der Waals surface area contributed by atoms with Gasteiger partial charge in [0, 0.05) is 0 Å². The van der Waals surface area contributed by atoms with Crippen molar-refractivity contribution in [3.05, 3.63) is 65.2 Å². The molecule has 0 saturated heterocycles. The van der Waals surface area contributed by atoms with Gasteiger partial charge >= 0.3 is 0 Å². The molecule has 0 aliphatic heterocycles. The number of ether oxygens (including phenoxy) is 4. The molecule has 0 atom stereocenters. The molecule has 2 aromatic rings. The van der Waals surface area contributed by atoms with Crippen LogP contribution in [0.1, 0.15) is 30.5 Å². The highest BCUT2D eigenvalue weighted by molar-refractivity contribution is 5.82. The molecule has 0 amide bonds. The van der Waals surface area contributed by atoms with Gasteiger partial charge in [-0.25, -0.2) is 0 Å². The van der Waals surface area contributed by atoms with Crippen LogP contribution in [0, 0.1) is 13.8 Å². The lowest BCUT2D eigenvalue weighted by atomic mass is 10.1. The number of rotatable bonds is 13. The van der Waals surface area contributed by atoms with Crippen LogP contribution in [0.4, 0.5) is 0 Å². The Labute approximate surface area is 185 Å². The van der Waals surface area contributed by atoms with E-state index in [1.807, 2.05) is 76.2 Å². The number of benzene rings is 2. The topological polar surface area (TPSA) is 58.5 Å². The monoisotopic (exact) mass is 427 g/mol. The van der Waals surface area contributed by atoms with Gasteiger partial charge in [0.15, 0.2) is 0 Å². The van der Waals surface area contributed by atoms with Crippen molar-refractivity contribution in [2.45, 2.75) is 34.3 Å². The fourth-order valence-corrected chi connectivity index (χ4v) is 2.91. The van der Waals surface area contributed by atoms with E-state index in [1.54, 1.807) is 0 Å². The lowest BCUT2D eigenvalue weighted by molar-refractivity contribution is 0.0884. The quantitative estimate of drug-likeness (QED) is 0.189. The molecule has 0 spiro atoms. The molecule has 0 radical (unpaired) electrons. The molecule has 0 fully saturated rings. The molecule has 0 heterocycles. The molecule has 0 unspecified atom stereocenters. The average Bonchev–Trinajstić information content (AvgIpc) is 2.75. The highest BCUT2D eigenvalue weighted by atomic mass is 16.6. The first kappa shape index (κ1) is 24.3. The maximum absolute atomic E-state index is 5.94. The van der Waals surface area contributed by atoms with Gasteiger partial charge in [0.25, 0.3) is 0 Å². The Morgan fingerprint density at radius 2 is 1.65 bits per heavy atom. The van der Waals surface area contributed by atoms with Gasteiger partial charge < -0.3 is 23.8 Å². The zero-order valence-corrected chi connectivity index (χ0v) is 19.1. The largest absolute Gasteiger partial charge is 0.491 e. The second kappa shape index (κ2) is 13.3. The molecule has 2 rings (SSSR count). The average molecular weight is 428 g/mol. The number of hydrogen-bond donors (Lipinski definition) is 0. The van der Waals surface area contributed by atoms with E-state index in [0.29, 0.717) is 33.0 Å². The molecule has 0 N–H and O–H groups in total. The normalized spacial score (nSPS) is 11.6. The summed E-state index contributed by atoms with van der Waals surface area (Å²) >= 11 is 0. The summed E-state index contributed by atoms with van der Waals surface area (Å²) < 4.78 is 23.0. The molecule has 2 aromatic carbocycles. The third-order valence-corrected chi connectivity index (χ3v) is 4.38. The third-order valence-electron chi connectivity index (χ3n) is 4.38. The van der Waals surface area contributed by atoms with Crippen LogP contribution in [-0.2, 0) is 16.2 Å². The summed E-state index contributed by atoms with van der Waals surface area (Å²) in [4.78, 5) is 4.71. The first-order chi connectivity index (χ1) is 15.0. The van der Waals surface area contributed by atoms with E-state index in [4.69, 9.17) is 23.8 Å². The Bertz CT molecular complexity index is 836. The van der Waals surface area contributed by atoms with E-state index in [-0.39, 0.29) is 0 Å². The first-order valence-electron chi connectivity index (χ1n) is 10.4. The van der Waals surface area contributed by atoms with Crippen LogP contribution in [0.25, 0.3) is 0 Å². The number of oxime groups is 1. The number of allylic oxidation sites excluding steroid dienone is 1. The summed E-state index contributed by atoms with van der Waals surface area (Å²) in [5.74, 6) is 2.52. The number of hydrogen-bond acceptors (Lipinski definition) is 6. The van der Waals surface area contributed by atoms with Crippen LogP contribution in [0.2, 0.25) is 0 Å². The summed E-state index contributed by atoms with van der Waals surface area (Å²) in [7, 11) is 1.52. The van der Waals surface area contributed by atoms with Crippen molar-refractivity contribution in [1.82, 2.24) is 0 Å². The Kier molecular flexibility index (Phi) is 10.4. The summed E-state index contributed by atoms with van der Waals surface area (Å²) in [5.41, 5.74) is 3.95. The predicted octanol–water partition coefficient (Wildman–Crippen LogP) is 5.26. The highest BCUT2D eigenvalue weighted by Gasteiger charge is 2.07. The van der Waals surface area contributed by atoms with Crippen LogP contribution in [0.15, 0.2) is 53.7 Å². The Hall–Kier alpha value is -2.99. The van der Waals surface area contributed by atoms with Gasteiger partial charge in [-0.05, 0) is 68.7 Å². The number of nitrogens with zero attached hydrogens (tertiary/aromatic N) is 1. The van der Waals surface area contributed by atoms with Crippen molar-refractivity contribution in [3.8, 4) is 17.2 Å². The van der Waals surface area contributed by atoms with Gasteiger partial charge in [0.05, 0.1) is 18.9 Å². The fraction of sp³-hybridized carbons (Fsp3) is 0.400. The lowest BCUT2D eigenvalue weighted by Crippen LogP contribution is -2.09. The summed E-state index contributed by atoms with van der Waals surface area (Å²) in [6.07, 6.45) is 3.95. The van der Waals surface area contributed by atoms with Crippen molar-refractivity contribution in [3.63, 3.8) is 0 Å². The van der Waals surface area contributed by atoms with Gasteiger partial charge in [-0.15, -0.1) is 0 Å². The van der Waals surface area contributed by atoms with E-state index in [1.165, 1.54) is 7.11 Å². The van der Waals surface area contributed by atoms with Crippen molar-refractivity contribution in [1.29, 1.82) is 0 Å². The highest BCUT2D eigenvalue weighted by Crippen LogP contribution is 2.28. The minimum absolute atomic E-state index is 0.392. The van der Waals surface area contributed by atoms with Crippen LogP contribution in [0.3, 0.4) is 0 Å². The maximum Gasteiger partial charge on any atom is 0.129 e. The second-order valence-corrected chi connectivity index (χ2v) is 7.11. The molecule has 0 aliphatic rings. The molecule has 0 aromatic heterocycles. The minimum Gasteiger partial charge on any atom is -0.491 e. The van der Waals surface area contributed by atoms with Crippen molar-refractivity contribution in [2.24, 2.45) is 5.16 Å². The van der Waals surface area contributed by atoms with Crippen LogP contribution in [-0.4, -0.2) is 39.2 Å². The standard InChI is InChI=1S/C25H33NO5/c1-6-7-12-29-24-15-19(2)25(20(3)16-24)30-14-13-28-18-22-8-10-23(11-9-22)31-17-21(4)26-27-5/h6-11,15-16H,12-14,17-18H2,1-5H3/b7-6+,26-21?. The Balaban J connectivity index is 1.72. The Morgan fingerprint density at radius 1 is 0.935 bits per heavy atom. The van der Waals surface area contributed by atoms with E-state index in [0.717, 1.165) is 39.7 Å². The van der Waals surface area contributed by atoms with E-state index >= 15 is 0 Å². The lowest BCUT2D eigenvalue weighted by Gasteiger charge is -2.14. The van der Waals surface area contributed by atoms with Crippen molar-refractivity contribution >= 4 is 5.71 Å². The smallest absolute Gasteiger partial charge is 0.129 e. The molecule has 6 heteroatoms. The molecular formula is C25H33NO5. The fourth-order valence-electron chi connectivity index (χ4n) is 2.91. The zero-order chi connectivity index (χ0) is 22.5. The summed E-state index contributed by atoms with van der Waals surface area (Å²) in [6, 6.07) is 11.8. The maximum atomic E-state index is 5.94. The first-order valence-corrected chi connectivity index (χ1v) is 10.4. The van der Waals surface area contributed by atoms with Gasteiger partial charge in [-0.1, -0.05) is 29.4 Å².